The Labute approximate surface area is 92.8 Å². The van der Waals surface area contributed by atoms with Crippen molar-refractivity contribution >= 4 is 6.03 Å². The maximum atomic E-state index is 11.6. The molecule has 0 spiro atoms. The largest absolute Gasteiger partial charge is 0.335 e. The molecule has 0 aliphatic carbocycles. The van der Waals surface area contributed by atoms with Crippen molar-refractivity contribution in [3.05, 3.63) is 25.3 Å². The maximum Gasteiger partial charge on any atom is 0.317 e. The molecule has 0 aliphatic rings. The van der Waals surface area contributed by atoms with Crippen LogP contribution in [0.4, 0.5) is 4.79 Å². The fourth-order valence-electron chi connectivity index (χ4n) is 1.26. The van der Waals surface area contributed by atoms with Crippen molar-refractivity contribution in [3.8, 4) is 0 Å². The van der Waals surface area contributed by atoms with Crippen LogP contribution in [0.1, 0.15) is 26.2 Å². The average Bonchev–Trinajstić information content (AvgIpc) is 2.25. The van der Waals surface area contributed by atoms with Crippen LogP contribution in [0.3, 0.4) is 0 Å². The van der Waals surface area contributed by atoms with Gasteiger partial charge in [-0.05, 0) is 6.42 Å². The summed E-state index contributed by atoms with van der Waals surface area (Å²) in [6.07, 6.45) is 6.79. The maximum absolute atomic E-state index is 11.6. The van der Waals surface area contributed by atoms with Crippen LogP contribution in [0.2, 0.25) is 0 Å². The fourth-order valence-corrected chi connectivity index (χ4v) is 1.26. The number of nitrogens with zero attached hydrogens (tertiary/aromatic N) is 1. The summed E-state index contributed by atoms with van der Waals surface area (Å²) in [5, 5.41) is 2.77. The van der Waals surface area contributed by atoms with Gasteiger partial charge in [0.15, 0.2) is 0 Å². The van der Waals surface area contributed by atoms with Crippen molar-refractivity contribution < 1.29 is 4.79 Å². The minimum absolute atomic E-state index is 0.0362. The Morgan fingerprint density at radius 3 is 2.60 bits per heavy atom. The number of nitrogens with one attached hydrogen (secondary N) is 1. The second-order valence-corrected chi connectivity index (χ2v) is 3.42. The third-order valence-corrected chi connectivity index (χ3v) is 2.07. The molecule has 0 saturated heterocycles. The van der Waals surface area contributed by atoms with Crippen LogP contribution in [0.15, 0.2) is 25.3 Å². The summed E-state index contributed by atoms with van der Waals surface area (Å²) < 4.78 is 0. The molecule has 15 heavy (non-hydrogen) atoms. The molecule has 0 heterocycles. The summed E-state index contributed by atoms with van der Waals surface area (Å²) in [6.45, 7) is 11.3. The van der Waals surface area contributed by atoms with Gasteiger partial charge >= 0.3 is 6.03 Å². The molecule has 86 valence electrons. The zero-order valence-corrected chi connectivity index (χ0v) is 9.67. The lowest BCUT2D eigenvalue weighted by Crippen LogP contribution is -2.40. The van der Waals surface area contributed by atoms with Crippen molar-refractivity contribution in [1.82, 2.24) is 10.2 Å². The molecule has 0 aromatic carbocycles. The van der Waals surface area contributed by atoms with E-state index < -0.39 is 0 Å². The Morgan fingerprint density at radius 1 is 1.33 bits per heavy atom. The van der Waals surface area contributed by atoms with Gasteiger partial charge in [0.05, 0.1) is 0 Å². The molecule has 0 rings (SSSR count). The number of hydrogen-bond donors (Lipinski definition) is 1. The van der Waals surface area contributed by atoms with E-state index in [0.29, 0.717) is 13.1 Å². The number of unbranched alkanes of at least 4 members (excludes halogenated alkanes) is 2. The zero-order chi connectivity index (χ0) is 11.5. The van der Waals surface area contributed by atoms with Crippen LogP contribution in [0.25, 0.3) is 0 Å². The molecule has 3 nitrogen and oxygen atoms in total. The highest BCUT2D eigenvalue weighted by Crippen LogP contribution is 1.99. The molecule has 0 aromatic rings. The van der Waals surface area contributed by atoms with E-state index >= 15 is 0 Å². The SMILES string of the molecule is C=CCNC(=O)N(CC=C)CCCCC. The van der Waals surface area contributed by atoms with Crippen molar-refractivity contribution in [3.63, 3.8) is 0 Å². The highest BCUT2D eigenvalue weighted by molar-refractivity contribution is 5.74. The van der Waals surface area contributed by atoms with Gasteiger partial charge in [0.25, 0.3) is 0 Å². The predicted octanol–water partition coefficient (Wildman–Crippen LogP) is 2.56. The first-order valence-electron chi connectivity index (χ1n) is 5.50. The molecule has 0 unspecified atom stereocenters. The lowest BCUT2D eigenvalue weighted by molar-refractivity contribution is 0.203. The first kappa shape index (κ1) is 13.8. The number of urea groups is 1. The van der Waals surface area contributed by atoms with Crippen LogP contribution in [-0.2, 0) is 0 Å². The van der Waals surface area contributed by atoms with Crippen LogP contribution in [0, 0.1) is 0 Å². The topological polar surface area (TPSA) is 32.3 Å². The third-order valence-electron chi connectivity index (χ3n) is 2.07. The van der Waals surface area contributed by atoms with E-state index in [1.165, 1.54) is 0 Å². The molecule has 0 aromatic heterocycles. The molecule has 0 saturated carbocycles. The van der Waals surface area contributed by atoms with Gasteiger partial charge in [-0.25, -0.2) is 4.79 Å². The minimum atomic E-state index is -0.0362. The summed E-state index contributed by atoms with van der Waals surface area (Å²) in [5.41, 5.74) is 0. The van der Waals surface area contributed by atoms with E-state index in [4.69, 9.17) is 0 Å². The quantitative estimate of drug-likeness (QED) is 0.484. The van der Waals surface area contributed by atoms with Crippen LogP contribution < -0.4 is 5.32 Å². The van der Waals surface area contributed by atoms with Gasteiger partial charge in [0.1, 0.15) is 0 Å². The molecule has 3 heteroatoms. The zero-order valence-electron chi connectivity index (χ0n) is 9.67. The normalized spacial score (nSPS) is 9.40. The predicted molar refractivity (Wildman–Crippen MR) is 64.9 cm³/mol. The second-order valence-electron chi connectivity index (χ2n) is 3.42. The number of amides is 2. The van der Waals surface area contributed by atoms with E-state index in [-0.39, 0.29) is 6.03 Å². The molecule has 0 atom stereocenters. The van der Waals surface area contributed by atoms with Gasteiger partial charge in [0, 0.05) is 19.6 Å². The Bertz CT molecular complexity index is 202. The molecule has 0 aliphatic heterocycles. The summed E-state index contributed by atoms with van der Waals surface area (Å²) in [4.78, 5) is 13.4. The van der Waals surface area contributed by atoms with Crippen LogP contribution in [-0.4, -0.2) is 30.6 Å². The lowest BCUT2D eigenvalue weighted by atomic mass is 10.2. The van der Waals surface area contributed by atoms with E-state index in [1.807, 2.05) is 0 Å². The number of hydrogen-bond acceptors (Lipinski definition) is 1. The smallest absolute Gasteiger partial charge is 0.317 e. The van der Waals surface area contributed by atoms with Gasteiger partial charge in [0.2, 0.25) is 0 Å². The van der Waals surface area contributed by atoms with Gasteiger partial charge in [-0.3, -0.25) is 0 Å². The van der Waals surface area contributed by atoms with E-state index in [9.17, 15) is 4.79 Å². The fraction of sp³-hybridized carbons (Fsp3) is 0.583. The summed E-state index contributed by atoms with van der Waals surface area (Å²) >= 11 is 0. The summed E-state index contributed by atoms with van der Waals surface area (Å²) in [5.74, 6) is 0. The van der Waals surface area contributed by atoms with Gasteiger partial charge in [-0.15, -0.1) is 13.2 Å². The Morgan fingerprint density at radius 2 is 2.07 bits per heavy atom. The Hall–Kier alpha value is -1.25. The summed E-state index contributed by atoms with van der Waals surface area (Å²) in [7, 11) is 0. The molecular formula is C12H22N2O. The van der Waals surface area contributed by atoms with Gasteiger partial charge in [-0.2, -0.15) is 0 Å². The molecule has 1 N–H and O–H groups in total. The van der Waals surface area contributed by atoms with Crippen LogP contribution in [0.5, 0.6) is 0 Å². The lowest BCUT2D eigenvalue weighted by Gasteiger charge is -2.21. The molecule has 0 fully saturated rings. The molecular weight excluding hydrogens is 188 g/mol. The van der Waals surface area contributed by atoms with E-state index in [0.717, 1.165) is 25.8 Å². The van der Waals surface area contributed by atoms with Crippen molar-refractivity contribution in [2.24, 2.45) is 0 Å². The molecule has 2 amide bonds. The molecule has 0 bridgehead atoms. The van der Waals surface area contributed by atoms with E-state index in [2.05, 4.69) is 25.4 Å². The van der Waals surface area contributed by atoms with Gasteiger partial charge < -0.3 is 10.2 Å². The van der Waals surface area contributed by atoms with E-state index in [1.54, 1.807) is 17.1 Å². The highest BCUT2D eigenvalue weighted by atomic mass is 16.2. The monoisotopic (exact) mass is 210 g/mol. The number of carbonyl (C=O) groups is 1. The first-order valence-corrected chi connectivity index (χ1v) is 5.50. The first-order chi connectivity index (χ1) is 7.26. The summed E-state index contributed by atoms with van der Waals surface area (Å²) in [6, 6.07) is -0.0362. The van der Waals surface area contributed by atoms with Crippen molar-refractivity contribution in [2.45, 2.75) is 26.2 Å². The standard InChI is InChI=1S/C12H22N2O/c1-4-7-8-11-14(10-6-3)12(15)13-9-5-2/h5-6H,2-4,7-11H2,1H3,(H,13,15). The van der Waals surface area contributed by atoms with Crippen molar-refractivity contribution in [2.75, 3.05) is 19.6 Å². The third kappa shape index (κ3) is 6.77. The Balaban J connectivity index is 3.93. The molecule has 0 radical (unpaired) electrons. The average molecular weight is 210 g/mol. The second kappa shape index (κ2) is 9.31. The van der Waals surface area contributed by atoms with Crippen molar-refractivity contribution in [1.29, 1.82) is 0 Å². The minimum Gasteiger partial charge on any atom is -0.335 e. The number of carbonyl (C=O) groups excluding carboxylic acids is 1. The van der Waals surface area contributed by atoms with Gasteiger partial charge in [-0.1, -0.05) is 31.9 Å². The number of rotatable bonds is 8. The Kier molecular flexibility index (Phi) is 8.53. The van der Waals surface area contributed by atoms with Crippen LogP contribution >= 0.6 is 0 Å². The highest BCUT2D eigenvalue weighted by Gasteiger charge is 2.09.